The van der Waals surface area contributed by atoms with E-state index in [0.29, 0.717) is 12.5 Å². The third-order valence-corrected chi connectivity index (χ3v) is 2.98. The van der Waals surface area contributed by atoms with Crippen molar-refractivity contribution < 1.29 is 4.79 Å². The number of urea groups is 1. The van der Waals surface area contributed by atoms with E-state index >= 15 is 0 Å². The minimum absolute atomic E-state index is 0.162. The van der Waals surface area contributed by atoms with Gasteiger partial charge in [0.2, 0.25) is 0 Å². The van der Waals surface area contributed by atoms with Crippen molar-refractivity contribution in [3.05, 3.63) is 29.8 Å². The molecule has 0 spiro atoms. The molecule has 0 radical (unpaired) electrons. The minimum atomic E-state index is -0.162. The van der Waals surface area contributed by atoms with E-state index in [-0.39, 0.29) is 12.1 Å². The highest BCUT2D eigenvalue weighted by molar-refractivity contribution is 5.89. The van der Waals surface area contributed by atoms with E-state index in [1.807, 2.05) is 24.3 Å². The third kappa shape index (κ3) is 4.37. The highest BCUT2D eigenvalue weighted by Gasteiger charge is 2.13. The maximum atomic E-state index is 11.8. The van der Waals surface area contributed by atoms with E-state index in [1.165, 1.54) is 0 Å². The second-order valence-electron chi connectivity index (χ2n) is 4.76. The van der Waals surface area contributed by atoms with Crippen molar-refractivity contribution >= 4 is 11.7 Å². The summed E-state index contributed by atoms with van der Waals surface area (Å²) in [6.07, 6.45) is 0.925. The summed E-state index contributed by atoms with van der Waals surface area (Å²) in [5.41, 5.74) is 7.34. The van der Waals surface area contributed by atoms with Crippen molar-refractivity contribution in [3.63, 3.8) is 0 Å². The number of rotatable bonds is 5. The third-order valence-electron chi connectivity index (χ3n) is 2.98. The lowest BCUT2D eigenvalue weighted by Gasteiger charge is -2.21. The second kappa shape index (κ2) is 7.01. The number of hydrogen-bond acceptors (Lipinski definition) is 2. The number of amides is 2. The highest BCUT2D eigenvalue weighted by atomic mass is 16.2. The van der Waals surface area contributed by atoms with Gasteiger partial charge in [0.25, 0.3) is 0 Å². The zero-order valence-electron chi connectivity index (χ0n) is 11.4. The summed E-state index contributed by atoms with van der Waals surface area (Å²) < 4.78 is 0. The molecule has 100 valence electrons. The van der Waals surface area contributed by atoms with E-state index in [0.717, 1.165) is 17.7 Å². The van der Waals surface area contributed by atoms with Gasteiger partial charge in [-0.1, -0.05) is 32.9 Å². The lowest BCUT2D eigenvalue weighted by Crippen LogP contribution is -2.40. The first-order valence-electron chi connectivity index (χ1n) is 6.43. The van der Waals surface area contributed by atoms with Crippen LogP contribution in [0.2, 0.25) is 0 Å². The molecule has 4 nitrogen and oxygen atoms in total. The predicted molar refractivity (Wildman–Crippen MR) is 75.4 cm³/mol. The molecule has 4 heteroatoms. The van der Waals surface area contributed by atoms with Crippen LogP contribution in [0.3, 0.4) is 0 Å². The first kappa shape index (κ1) is 14.5. The van der Waals surface area contributed by atoms with E-state index in [9.17, 15) is 4.79 Å². The summed E-state index contributed by atoms with van der Waals surface area (Å²) in [6, 6.07) is 7.60. The molecule has 0 saturated carbocycles. The maximum absolute atomic E-state index is 11.8. The van der Waals surface area contributed by atoms with Gasteiger partial charge in [-0.05, 0) is 30.0 Å². The van der Waals surface area contributed by atoms with Crippen LogP contribution in [-0.2, 0) is 6.54 Å². The number of hydrogen-bond donors (Lipinski definition) is 3. The van der Waals surface area contributed by atoms with E-state index in [4.69, 9.17) is 5.73 Å². The molecule has 1 atom stereocenters. The van der Waals surface area contributed by atoms with Gasteiger partial charge in [0.05, 0.1) is 0 Å². The maximum Gasteiger partial charge on any atom is 0.319 e. The molecule has 0 heterocycles. The summed E-state index contributed by atoms with van der Waals surface area (Å²) in [5, 5.41) is 5.80. The SMILES string of the molecule is CCC(NC(=O)Nc1cccc(CN)c1)C(C)C. The van der Waals surface area contributed by atoms with Crippen molar-refractivity contribution in [1.29, 1.82) is 0 Å². The molecule has 0 saturated heterocycles. The molecule has 4 N–H and O–H groups in total. The molecule has 0 aliphatic carbocycles. The molecule has 2 amide bonds. The first-order valence-corrected chi connectivity index (χ1v) is 6.43. The Kier molecular flexibility index (Phi) is 5.65. The Morgan fingerprint density at radius 3 is 2.67 bits per heavy atom. The van der Waals surface area contributed by atoms with Crippen molar-refractivity contribution in [3.8, 4) is 0 Å². The standard InChI is InChI=1S/C14H23N3O/c1-4-13(10(2)3)17-14(18)16-12-7-5-6-11(8-12)9-15/h5-8,10,13H,4,9,15H2,1-3H3,(H2,16,17,18). The summed E-state index contributed by atoms with van der Waals surface area (Å²) in [7, 11) is 0. The predicted octanol–water partition coefficient (Wildman–Crippen LogP) is 2.70. The Bertz CT molecular complexity index is 390. The molecule has 1 rings (SSSR count). The number of anilines is 1. The van der Waals surface area contributed by atoms with E-state index < -0.39 is 0 Å². The highest BCUT2D eigenvalue weighted by Crippen LogP contribution is 2.11. The molecule has 18 heavy (non-hydrogen) atoms. The summed E-state index contributed by atoms with van der Waals surface area (Å²) in [4.78, 5) is 11.8. The lowest BCUT2D eigenvalue weighted by atomic mass is 10.0. The number of benzene rings is 1. The Morgan fingerprint density at radius 2 is 2.11 bits per heavy atom. The van der Waals surface area contributed by atoms with Gasteiger partial charge in [0, 0.05) is 18.3 Å². The molecule has 0 aromatic heterocycles. The van der Waals surface area contributed by atoms with Crippen molar-refractivity contribution in [2.24, 2.45) is 11.7 Å². The van der Waals surface area contributed by atoms with Crippen molar-refractivity contribution in [2.75, 3.05) is 5.32 Å². The average Bonchev–Trinajstić information content (AvgIpc) is 2.35. The number of nitrogens with two attached hydrogens (primary N) is 1. The number of carbonyl (C=O) groups excluding carboxylic acids is 1. The Labute approximate surface area is 109 Å². The smallest absolute Gasteiger partial charge is 0.319 e. The van der Waals surface area contributed by atoms with Crippen LogP contribution < -0.4 is 16.4 Å². The zero-order valence-corrected chi connectivity index (χ0v) is 11.4. The topological polar surface area (TPSA) is 67.2 Å². The fourth-order valence-corrected chi connectivity index (χ4v) is 1.85. The van der Waals surface area contributed by atoms with Gasteiger partial charge in [0.1, 0.15) is 0 Å². The van der Waals surface area contributed by atoms with Crippen LogP contribution in [0.15, 0.2) is 24.3 Å². The van der Waals surface area contributed by atoms with Crippen LogP contribution in [-0.4, -0.2) is 12.1 Å². The average molecular weight is 249 g/mol. The number of carbonyl (C=O) groups is 1. The van der Waals surface area contributed by atoms with Gasteiger partial charge in [0.15, 0.2) is 0 Å². The quantitative estimate of drug-likeness (QED) is 0.751. The van der Waals surface area contributed by atoms with E-state index in [1.54, 1.807) is 0 Å². The molecule has 0 aliphatic heterocycles. The lowest BCUT2D eigenvalue weighted by molar-refractivity contribution is 0.244. The normalized spacial score (nSPS) is 12.3. The van der Waals surface area contributed by atoms with Gasteiger partial charge in [-0.15, -0.1) is 0 Å². The Hall–Kier alpha value is -1.55. The van der Waals surface area contributed by atoms with Gasteiger partial charge >= 0.3 is 6.03 Å². The van der Waals surface area contributed by atoms with Crippen molar-refractivity contribution in [2.45, 2.75) is 39.8 Å². The first-order chi connectivity index (χ1) is 8.56. The van der Waals surface area contributed by atoms with Crippen LogP contribution in [0.5, 0.6) is 0 Å². The molecule has 0 fully saturated rings. The summed E-state index contributed by atoms with van der Waals surface area (Å²) in [5.74, 6) is 0.427. The fraction of sp³-hybridized carbons (Fsp3) is 0.500. The van der Waals surface area contributed by atoms with Crippen LogP contribution in [0.4, 0.5) is 10.5 Å². The zero-order chi connectivity index (χ0) is 13.5. The fourth-order valence-electron chi connectivity index (χ4n) is 1.85. The molecule has 1 aromatic carbocycles. The van der Waals surface area contributed by atoms with Crippen LogP contribution in [0, 0.1) is 5.92 Å². The van der Waals surface area contributed by atoms with Crippen LogP contribution in [0.1, 0.15) is 32.8 Å². The minimum Gasteiger partial charge on any atom is -0.335 e. The Morgan fingerprint density at radius 1 is 1.39 bits per heavy atom. The summed E-state index contributed by atoms with van der Waals surface area (Å²) in [6.45, 7) is 6.74. The van der Waals surface area contributed by atoms with Crippen molar-refractivity contribution in [1.82, 2.24) is 5.32 Å². The van der Waals surface area contributed by atoms with Gasteiger partial charge in [-0.2, -0.15) is 0 Å². The molecule has 1 unspecified atom stereocenters. The van der Waals surface area contributed by atoms with Crippen LogP contribution in [0.25, 0.3) is 0 Å². The van der Waals surface area contributed by atoms with Gasteiger partial charge < -0.3 is 16.4 Å². The van der Waals surface area contributed by atoms with Gasteiger partial charge in [-0.25, -0.2) is 4.79 Å². The summed E-state index contributed by atoms with van der Waals surface area (Å²) >= 11 is 0. The van der Waals surface area contributed by atoms with Gasteiger partial charge in [-0.3, -0.25) is 0 Å². The molecular weight excluding hydrogens is 226 g/mol. The number of nitrogens with one attached hydrogen (secondary N) is 2. The largest absolute Gasteiger partial charge is 0.335 e. The molecular formula is C14H23N3O. The Balaban J connectivity index is 2.58. The van der Waals surface area contributed by atoms with E-state index in [2.05, 4.69) is 31.4 Å². The molecule has 0 aliphatic rings. The monoisotopic (exact) mass is 249 g/mol. The molecule has 1 aromatic rings. The van der Waals surface area contributed by atoms with Crippen LogP contribution >= 0.6 is 0 Å². The second-order valence-corrected chi connectivity index (χ2v) is 4.76. The molecule has 0 bridgehead atoms.